The molecular weight excluding hydrogens is 366 g/mol. The van der Waals surface area contributed by atoms with Crippen LogP contribution in [0.25, 0.3) is 11.6 Å². The zero-order valence-electron chi connectivity index (χ0n) is 14.8. The first-order valence-corrected chi connectivity index (χ1v) is 10.6. The topological polar surface area (TPSA) is 55.4 Å². The Hall–Kier alpha value is -1.92. The highest BCUT2D eigenvalue weighted by Crippen LogP contribution is 2.26. The highest BCUT2D eigenvalue weighted by atomic mass is 32.1. The molecule has 138 valence electrons. The third-order valence-corrected chi connectivity index (χ3v) is 6.27. The van der Waals surface area contributed by atoms with Crippen LogP contribution < -0.4 is 5.32 Å². The van der Waals surface area contributed by atoms with Gasteiger partial charge in [0.1, 0.15) is 0 Å². The van der Waals surface area contributed by atoms with Crippen molar-refractivity contribution in [2.45, 2.75) is 38.6 Å². The second-order valence-corrected chi connectivity index (χ2v) is 8.58. The van der Waals surface area contributed by atoms with Crippen LogP contribution in [0.2, 0.25) is 0 Å². The van der Waals surface area contributed by atoms with E-state index in [1.54, 1.807) is 11.3 Å². The van der Waals surface area contributed by atoms with Crippen LogP contribution in [-0.2, 0) is 14.3 Å². The molecule has 0 saturated heterocycles. The first-order chi connectivity index (χ1) is 12.6. The summed E-state index contributed by atoms with van der Waals surface area (Å²) in [4.78, 5) is 26.5. The SMILES string of the molecule is CC1CCC(NC(=O)COC(=O)/C(=C/c2cccs2)c2cccs2)CC1. The maximum atomic E-state index is 12.5. The molecular formula is C20H23NO3S2. The van der Waals surface area contributed by atoms with Crippen LogP contribution >= 0.6 is 22.7 Å². The molecule has 2 aromatic heterocycles. The van der Waals surface area contributed by atoms with Crippen LogP contribution in [0.1, 0.15) is 42.4 Å². The number of hydrogen-bond donors (Lipinski definition) is 1. The van der Waals surface area contributed by atoms with Gasteiger partial charge < -0.3 is 10.1 Å². The fourth-order valence-electron chi connectivity index (χ4n) is 3.06. The van der Waals surface area contributed by atoms with Gasteiger partial charge in [-0.05, 0) is 60.6 Å². The Morgan fingerprint density at radius 1 is 1.15 bits per heavy atom. The lowest BCUT2D eigenvalue weighted by atomic mass is 9.87. The quantitative estimate of drug-likeness (QED) is 0.581. The van der Waals surface area contributed by atoms with Gasteiger partial charge in [-0.25, -0.2) is 4.79 Å². The number of ether oxygens (including phenoxy) is 1. The van der Waals surface area contributed by atoms with Crippen molar-refractivity contribution in [3.63, 3.8) is 0 Å². The van der Waals surface area contributed by atoms with E-state index in [0.29, 0.717) is 5.57 Å². The van der Waals surface area contributed by atoms with Gasteiger partial charge in [0.15, 0.2) is 6.61 Å². The Morgan fingerprint density at radius 3 is 2.54 bits per heavy atom. The van der Waals surface area contributed by atoms with Crippen molar-refractivity contribution in [2.24, 2.45) is 5.92 Å². The van der Waals surface area contributed by atoms with Crippen LogP contribution in [0.3, 0.4) is 0 Å². The maximum Gasteiger partial charge on any atom is 0.340 e. The summed E-state index contributed by atoms with van der Waals surface area (Å²) in [7, 11) is 0. The van der Waals surface area contributed by atoms with E-state index in [9.17, 15) is 9.59 Å². The third-order valence-electron chi connectivity index (χ3n) is 4.55. The van der Waals surface area contributed by atoms with Crippen LogP contribution in [0.5, 0.6) is 0 Å². The van der Waals surface area contributed by atoms with Gasteiger partial charge in [-0.3, -0.25) is 4.79 Å². The van der Waals surface area contributed by atoms with E-state index < -0.39 is 5.97 Å². The van der Waals surface area contributed by atoms with Crippen molar-refractivity contribution in [1.82, 2.24) is 5.32 Å². The molecule has 1 aliphatic rings. The van der Waals surface area contributed by atoms with Crippen LogP contribution in [0.4, 0.5) is 0 Å². The number of carbonyl (C=O) groups is 2. The molecule has 1 fully saturated rings. The molecule has 0 unspecified atom stereocenters. The molecule has 0 aromatic carbocycles. The lowest BCUT2D eigenvalue weighted by Crippen LogP contribution is -2.39. The Bertz CT molecular complexity index is 742. The van der Waals surface area contributed by atoms with Crippen molar-refractivity contribution in [3.8, 4) is 0 Å². The van der Waals surface area contributed by atoms with Crippen molar-refractivity contribution < 1.29 is 14.3 Å². The first-order valence-electron chi connectivity index (χ1n) is 8.87. The molecule has 3 rings (SSSR count). The number of nitrogens with one attached hydrogen (secondary N) is 1. The summed E-state index contributed by atoms with van der Waals surface area (Å²) in [5.74, 6) is 0.0459. The molecule has 0 atom stereocenters. The highest BCUT2D eigenvalue weighted by molar-refractivity contribution is 7.12. The summed E-state index contributed by atoms with van der Waals surface area (Å²) >= 11 is 3.03. The predicted molar refractivity (Wildman–Crippen MR) is 107 cm³/mol. The fraction of sp³-hybridized carbons (Fsp3) is 0.400. The summed E-state index contributed by atoms with van der Waals surface area (Å²) < 4.78 is 5.29. The van der Waals surface area contributed by atoms with Gasteiger partial charge in [0.25, 0.3) is 5.91 Å². The smallest absolute Gasteiger partial charge is 0.340 e. The van der Waals surface area contributed by atoms with E-state index in [4.69, 9.17) is 4.74 Å². The molecule has 1 saturated carbocycles. The molecule has 0 aliphatic heterocycles. The minimum Gasteiger partial charge on any atom is -0.452 e. The summed E-state index contributed by atoms with van der Waals surface area (Å²) in [6, 6.07) is 7.87. The molecule has 6 heteroatoms. The number of hydrogen-bond acceptors (Lipinski definition) is 5. The van der Waals surface area contributed by atoms with Gasteiger partial charge in [0.05, 0.1) is 5.57 Å². The summed E-state index contributed by atoms with van der Waals surface area (Å²) in [6.45, 7) is 2.00. The Morgan fingerprint density at radius 2 is 1.88 bits per heavy atom. The standard InChI is InChI=1S/C20H23NO3S2/c1-14-6-8-15(9-7-14)21-19(22)13-24-20(23)17(18-5-3-11-26-18)12-16-4-2-10-25-16/h2-5,10-12,14-15H,6-9,13H2,1H3,(H,21,22)/b17-12+. The third kappa shape index (κ3) is 5.29. The summed E-state index contributed by atoms with van der Waals surface area (Å²) in [5, 5.41) is 6.86. The average Bonchev–Trinajstić information content (AvgIpc) is 3.33. The van der Waals surface area contributed by atoms with E-state index in [0.717, 1.165) is 41.4 Å². The molecule has 2 heterocycles. The van der Waals surface area contributed by atoms with Crippen molar-refractivity contribution in [3.05, 3.63) is 44.8 Å². The van der Waals surface area contributed by atoms with Crippen molar-refractivity contribution in [2.75, 3.05) is 6.61 Å². The van der Waals surface area contributed by atoms with Crippen LogP contribution in [-0.4, -0.2) is 24.5 Å². The zero-order chi connectivity index (χ0) is 18.4. The molecule has 1 N–H and O–H groups in total. The molecule has 0 radical (unpaired) electrons. The monoisotopic (exact) mass is 389 g/mol. The number of thiophene rings is 2. The average molecular weight is 390 g/mol. The van der Waals surface area contributed by atoms with Gasteiger partial charge in [0.2, 0.25) is 0 Å². The lowest BCUT2D eigenvalue weighted by Gasteiger charge is -2.26. The van der Waals surface area contributed by atoms with E-state index >= 15 is 0 Å². The predicted octanol–water partition coefficient (Wildman–Crippen LogP) is 4.59. The second kappa shape index (κ2) is 9.14. The Balaban J connectivity index is 1.57. The first kappa shape index (κ1) is 18.9. The molecule has 4 nitrogen and oxygen atoms in total. The Labute approximate surface area is 161 Å². The second-order valence-electron chi connectivity index (χ2n) is 6.65. The van der Waals surface area contributed by atoms with Crippen molar-refractivity contribution >= 4 is 46.2 Å². The largest absolute Gasteiger partial charge is 0.452 e. The molecule has 0 bridgehead atoms. The number of amides is 1. The summed E-state index contributed by atoms with van der Waals surface area (Å²) in [6.07, 6.45) is 6.09. The minimum absolute atomic E-state index is 0.204. The van der Waals surface area contributed by atoms with E-state index in [-0.39, 0.29) is 18.6 Å². The molecule has 0 spiro atoms. The minimum atomic E-state index is -0.465. The van der Waals surface area contributed by atoms with Crippen LogP contribution in [0.15, 0.2) is 35.0 Å². The van der Waals surface area contributed by atoms with Gasteiger partial charge in [-0.1, -0.05) is 19.1 Å². The van der Waals surface area contributed by atoms with E-state index in [2.05, 4.69) is 12.2 Å². The summed E-state index contributed by atoms with van der Waals surface area (Å²) in [5.41, 5.74) is 0.488. The number of carbonyl (C=O) groups excluding carboxylic acids is 2. The molecule has 1 amide bonds. The van der Waals surface area contributed by atoms with Gasteiger partial charge in [-0.2, -0.15) is 0 Å². The Kier molecular flexibility index (Phi) is 6.63. The van der Waals surface area contributed by atoms with Crippen molar-refractivity contribution in [1.29, 1.82) is 0 Å². The number of rotatable bonds is 6. The van der Waals surface area contributed by atoms with E-state index in [1.165, 1.54) is 11.3 Å². The van der Waals surface area contributed by atoms with Gasteiger partial charge >= 0.3 is 5.97 Å². The number of esters is 1. The van der Waals surface area contributed by atoms with Gasteiger partial charge in [0, 0.05) is 15.8 Å². The molecule has 2 aromatic rings. The molecule has 1 aliphatic carbocycles. The van der Waals surface area contributed by atoms with E-state index in [1.807, 2.05) is 41.1 Å². The normalized spacial score (nSPS) is 20.6. The lowest BCUT2D eigenvalue weighted by molar-refractivity contribution is -0.143. The fourth-order valence-corrected chi connectivity index (χ4v) is 4.45. The maximum absolute atomic E-state index is 12.5. The zero-order valence-corrected chi connectivity index (χ0v) is 16.4. The highest BCUT2D eigenvalue weighted by Gasteiger charge is 2.21. The van der Waals surface area contributed by atoms with Gasteiger partial charge in [-0.15, -0.1) is 22.7 Å². The van der Waals surface area contributed by atoms with Crippen LogP contribution in [0, 0.1) is 5.92 Å². The molecule has 26 heavy (non-hydrogen) atoms.